The Morgan fingerprint density at radius 1 is 1.00 bits per heavy atom. The Labute approximate surface area is 150 Å². The fourth-order valence-corrected chi connectivity index (χ4v) is 2.94. The molecule has 134 valence electrons. The molecule has 26 heavy (non-hydrogen) atoms. The number of hydrogen-bond donors (Lipinski definition) is 0. The van der Waals surface area contributed by atoms with E-state index in [0.717, 1.165) is 38.5 Å². The molecule has 7 nitrogen and oxygen atoms in total. The van der Waals surface area contributed by atoms with Gasteiger partial charge in [0.05, 0.1) is 0 Å². The first-order chi connectivity index (χ1) is 12.7. The lowest BCUT2D eigenvalue weighted by Crippen LogP contribution is -2.46. The second-order valence-electron chi connectivity index (χ2n) is 6.13. The Morgan fingerprint density at radius 2 is 1.77 bits per heavy atom. The van der Waals surface area contributed by atoms with Crippen molar-refractivity contribution < 1.29 is 8.91 Å². The van der Waals surface area contributed by atoms with Crippen LogP contribution in [0.15, 0.2) is 40.9 Å². The molecule has 4 rings (SSSR count). The lowest BCUT2D eigenvalue weighted by Gasteiger charge is -2.34. The summed E-state index contributed by atoms with van der Waals surface area (Å²) in [5, 5.41) is 12.5. The summed E-state index contributed by atoms with van der Waals surface area (Å²) in [6.07, 6.45) is 0. The number of anilines is 1. The minimum atomic E-state index is -0.307. The molecule has 0 bridgehead atoms. The number of likely N-dealkylation sites (N-methyl/N-ethyl adjacent to an activating group) is 1. The first-order valence-electron chi connectivity index (χ1n) is 8.64. The third-order valence-corrected chi connectivity index (χ3v) is 4.54. The largest absolute Gasteiger partial charge is 0.353 e. The van der Waals surface area contributed by atoms with Gasteiger partial charge in [-0.3, -0.25) is 0 Å². The first kappa shape index (κ1) is 16.6. The summed E-state index contributed by atoms with van der Waals surface area (Å²) in [7, 11) is 0. The van der Waals surface area contributed by atoms with Crippen LogP contribution in [0.1, 0.15) is 6.92 Å². The maximum Gasteiger partial charge on any atom is 0.278 e. The van der Waals surface area contributed by atoms with Crippen molar-refractivity contribution in [1.29, 1.82) is 0 Å². The predicted molar refractivity (Wildman–Crippen MR) is 95.0 cm³/mol. The SMILES string of the molecule is CCN1CCN(c2ccc(-c3nc(-c4ccc(F)cc4)no3)nn2)CC1. The Morgan fingerprint density at radius 3 is 2.42 bits per heavy atom. The quantitative estimate of drug-likeness (QED) is 0.713. The van der Waals surface area contributed by atoms with Crippen LogP contribution >= 0.6 is 0 Å². The van der Waals surface area contributed by atoms with E-state index in [1.807, 2.05) is 12.1 Å². The molecule has 3 heterocycles. The molecular weight excluding hydrogens is 335 g/mol. The number of rotatable bonds is 4. The molecule has 0 radical (unpaired) electrons. The van der Waals surface area contributed by atoms with Gasteiger partial charge in [-0.05, 0) is 42.9 Å². The van der Waals surface area contributed by atoms with Gasteiger partial charge >= 0.3 is 0 Å². The van der Waals surface area contributed by atoms with Crippen molar-refractivity contribution in [2.24, 2.45) is 0 Å². The Balaban J connectivity index is 1.48. The van der Waals surface area contributed by atoms with Crippen molar-refractivity contribution in [3.05, 3.63) is 42.2 Å². The maximum atomic E-state index is 13.0. The minimum absolute atomic E-state index is 0.291. The standard InChI is InChI=1S/C18H19FN6O/c1-2-24-9-11-25(12-10-24)16-8-7-15(21-22-16)18-20-17(23-26-18)13-3-5-14(19)6-4-13/h3-8H,2,9-12H2,1H3. The summed E-state index contributed by atoms with van der Waals surface area (Å²) < 4.78 is 18.3. The monoisotopic (exact) mass is 354 g/mol. The molecule has 3 aromatic rings. The molecular formula is C18H19FN6O. The molecule has 2 aromatic heterocycles. The molecule has 1 saturated heterocycles. The van der Waals surface area contributed by atoms with Gasteiger partial charge in [-0.1, -0.05) is 12.1 Å². The van der Waals surface area contributed by atoms with Crippen molar-refractivity contribution in [3.63, 3.8) is 0 Å². The van der Waals surface area contributed by atoms with Gasteiger partial charge in [0.1, 0.15) is 5.82 Å². The highest BCUT2D eigenvalue weighted by atomic mass is 19.1. The van der Waals surface area contributed by atoms with Crippen molar-refractivity contribution in [2.45, 2.75) is 6.92 Å². The van der Waals surface area contributed by atoms with Crippen molar-refractivity contribution in [2.75, 3.05) is 37.6 Å². The lowest BCUT2D eigenvalue weighted by molar-refractivity contribution is 0.270. The predicted octanol–water partition coefficient (Wildman–Crippen LogP) is 2.47. The Kier molecular flexibility index (Phi) is 4.57. The van der Waals surface area contributed by atoms with Gasteiger partial charge in [-0.2, -0.15) is 4.98 Å². The zero-order valence-corrected chi connectivity index (χ0v) is 14.5. The number of aromatic nitrogens is 4. The minimum Gasteiger partial charge on any atom is -0.353 e. The Bertz CT molecular complexity index is 856. The van der Waals surface area contributed by atoms with Crippen LogP contribution in [0, 0.1) is 5.82 Å². The molecule has 0 spiro atoms. The molecule has 1 aliphatic heterocycles. The molecule has 0 amide bonds. The maximum absolute atomic E-state index is 13.0. The van der Waals surface area contributed by atoms with E-state index in [4.69, 9.17) is 4.52 Å². The van der Waals surface area contributed by atoms with E-state index in [1.54, 1.807) is 12.1 Å². The van der Waals surface area contributed by atoms with E-state index in [0.29, 0.717) is 23.0 Å². The van der Waals surface area contributed by atoms with Crippen LogP contribution in [0.25, 0.3) is 23.0 Å². The van der Waals surface area contributed by atoms with Gasteiger partial charge in [0, 0.05) is 31.7 Å². The van der Waals surface area contributed by atoms with Gasteiger partial charge in [0.25, 0.3) is 5.89 Å². The molecule has 0 atom stereocenters. The normalized spacial score (nSPS) is 15.4. The van der Waals surface area contributed by atoms with Crippen LogP contribution in [-0.4, -0.2) is 58.0 Å². The summed E-state index contributed by atoms with van der Waals surface area (Å²) >= 11 is 0. The average molecular weight is 354 g/mol. The number of nitrogens with zero attached hydrogens (tertiary/aromatic N) is 6. The van der Waals surface area contributed by atoms with Gasteiger partial charge < -0.3 is 14.3 Å². The van der Waals surface area contributed by atoms with Gasteiger partial charge in [0.2, 0.25) is 5.82 Å². The van der Waals surface area contributed by atoms with Crippen LogP contribution < -0.4 is 4.90 Å². The zero-order chi connectivity index (χ0) is 17.9. The van der Waals surface area contributed by atoms with Crippen molar-refractivity contribution in [3.8, 4) is 23.0 Å². The molecule has 0 saturated carbocycles. The topological polar surface area (TPSA) is 71.2 Å². The fourth-order valence-electron chi connectivity index (χ4n) is 2.94. The third kappa shape index (κ3) is 3.41. The summed E-state index contributed by atoms with van der Waals surface area (Å²) in [5.41, 5.74) is 1.20. The summed E-state index contributed by atoms with van der Waals surface area (Å²) in [5.74, 6) is 1.22. The first-order valence-corrected chi connectivity index (χ1v) is 8.64. The molecule has 1 aliphatic rings. The van der Waals surface area contributed by atoms with Crippen LogP contribution in [0.2, 0.25) is 0 Å². The highest BCUT2D eigenvalue weighted by Gasteiger charge is 2.18. The third-order valence-electron chi connectivity index (χ3n) is 4.54. The van der Waals surface area contributed by atoms with Crippen LogP contribution in [0.5, 0.6) is 0 Å². The van der Waals surface area contributed by atoms with Crippen LogP contribution in [0.4, 0.5) is 10.2 Å². The van der Waals surface area contributed by atoms with Gasteiger partial charge in [-0.25, -0.2) is 4.39 Å². The highest BCUT2D eigenvalue weighted by molar-refractivity contribution is 5.58. The van der Waals surface area contributed by atoms with E-state index < -0.39 is 0 Å². The van der Waals surface area contributed by atoms with E-state index in [2.05, 4.69) is 37.1 Å². The molecule has 0 N–H and O–H groups in total. The summed E-state index contributed by atoms with van der Waals surface area (Å²) in [6, 6.07) is 9.68. The average Bonchev–Trinajstić information content (AvgIpc) is 3.19. The smallest absolute Gasteiger partial charge is 0.278 e. The van der Waals surface area contributed by atoms with Crippen molar-refractivity contribution >= 4 is 5.82 Å². The second-order valence-corrected chi connectivity index (χ2v) is 6.13. The molecule has 1 aromatic carbocycles. The zero-order valence-electron chi connectivity index (χ0n) is 14.5. The number of hydrogen-bond acceptors (Lipinski definition) is 7. The van der Waals surface area contributed by atoms with Crippen molar-refractivity contribution in [1.82, 2.24) is 25.2 Å². The van der Waals surface area contributed by atoms with E-state index >= 15 is 0 Å². The molecule has 0 aliphatic carbocycles. The molecule has 8 heteroatoms. The highest BCUT2D eigenvalue weighted by Crippen LogP contribution is 2.22. The van der Waals surface area contributed by atoms with Gasteiger partial charge in [-0.15, -0.1) is 10.2 Å². The lowest BCUT2D eigenvalue weighted by atomic mass is 10.2. The second kappa shape index (κ2) is 7.17. The van der Waals surface area contributed by atoms with Gasteiger partial charge in [0.15, 0.2) is 11.5 Å². The number of halogens is 1. The van der Waals surface area contributed by atoms with E-state index in [-0.39, 0.29) is 5.82 Å². The Hall–Kier alpha value is -2.87. The van der Waals surface area contributed by atoms with Crippen LogP contribution in [-0.2, 0) is 0 Å². The number of piperazine rings is 1. The summed E-state index contributed by atoms with van der Waals surface area (Å²) in [4.78, 5) is 8.95. The summed E-state index contributed by atoms with van der Waals surface area (Å²) in [6.45, 7) is 7.20. The molecule has 1 fully saturated rings. The van der Waals surface area contributed by atoms with E-state index in [1.165, 1.54) is 12.1 Å². The van der Waals surface area contributed by atoms with Crippen LogP contribution in [0.3, 0.4) is 0 Å². The number of benzene rings is 1. The van der Waals surface area contributed by atoms with E-state index in [9.17, 15) is 4.39 Å². The fraction of sp³-hybridized carbons (Fsp3) is 0.333. The molecule has 0 unspecified atom stereocenters.